The molecule has 0 unspecified atom stereocenters. The summed E-state index contributed by atoms with van der Waals surface area (Å²) in [5.41, 5.74) is 2.20. The zero-order chi connectivity index (χ0) is 24.4. The Balaban J connectivity index is 1.34. The van der Waals surface area contributed by atoms with Gasteiger partial charge >= 0.3 is 5.97 Å². The van der Waals surface area contributed by atoms with E-state index in [2.05, 4.69) is 22.4 Å². The number of halogens is 1. The number of amides is 1. The highest BCUT2D eigenvalue weighted by molar-refractivity contribution is 6.35. The molecule has 0 radical (unpaired) electrons. The Hall–Kier alpha value is -3.38. The maximum atomic E-state index is 13.3. The van der Waals surface area contributed by atoms with Crippen molar-refractivity contribution in [2.75, 3.05) is 13.7 Å². The molecule has 0 aliphatic heterocycles. The van der Waals surface area contributed by atoms with Crippen molar-refractivity contribution in [1.29, 1.82) is 0 Å². The van der Waals surface area contributed by atoms with Gasteiger partial charge in [-0.1, -0.05) is 41.9 Å². The standard InChI is InChI=1S/C28H28ClN3O3/c1-35-28(34)20-8-6-18(7-9-20)15-31-27(33)25-24(29)11-10-19-12-13-32(26(19)25)17-23-14-21-4-2-3-5-22(21)16-30-23/h2-5,10-14,16,18,20H,6-9,15,17H2,1H3,(H,31,33). The smallest absolute Gasteiger partial charge is 0.308 e. The van der Waals surface area contributed by atoms with Crippen LogP contribution in [0.2, 0.25) is 5.02 Å². The number of hydrogen-bond acceptors (Lipinski definition) is 4. The summed E-state index contributed by atoms with van der Waals surface area (Å²) in [6.45, 7) is 1.10. The first-order valence-electron chi connectivity index (χ1n) is 12.0. The Morgan fingerprint density at radius 2 is 1.83 bits per heavy atom. The summed E-state index contributed by atoms with van der Waals surface area (Å²) in [7, 11) is 1.44. The number of pyridine rings is 1. The minimum atomic E-state index is -0.179. The van der Waals surface area contributed by atoms with Gasteiger partial charge in [0.1, 0.15) is 0 Å². The van der Waals surface area contributed by atoms with E-state index >= 15 is 0 Å². The topological polar surface area (TPSA) is 73.2 Å². The van der Waals surface area contributed by atoms with Crippen molar-refractivity contribution in [2.24, 2.45) is 11.8 Å². The van der Waals surface area contributed by atoms with Gasteiger partial charge in [0.2, 0.25) is 0 Å². The Bertz CT molecular complexity index is 1390. The predicted molar refractivity (Wildman–Crippen MR) is 138 cm³/mol. The van der Waals surface area contributed by atoms with Crippen LogP contribution in [0.25, 0.3) is 21.7 Å². The van der Waals surface area contributed by atoms with Gasteiger partial charge in [-0.2, -0.15) is 0 Å². The molecule has 1 aliphatic carbocycles. The number of rotatable bonds is 6. The van der Waals surface area contributed by atoms with Crippen LogP contribution in [0, 0.1) is 11.8 Å². The Kier molecular flexibility index (Phi) is 6.73. The van der Waals surface area contributed by atoms with Crippen LogP contribution in [0.1, 0.15) is 41.7 Å². The van der Waals surface area contributed by atoms with Crippen LogP contribution in [-0.4, -0.2) is 35.1 Å². The normalized spacial score (nSPS) is 18.0. The number of benzene rings is 2. The molecular weight excluding hydrogens is 462 g/mol. The number of hydrogen-bond donors (Lipinski definition) is 1. The number of nitrogens with one attached hydrogen (secondary N) is 1. The fourth-order valence-corrected chi connectivity index (χ4v) is 5.34. The molecule has 5 rings (SSSR count). The van der Waals surface area contributed by atoms with E-state index in [4.69, 9.17) is 16.3 Å². The van der Waals surface area contributed by atoms with Gasteiger partial charge in [-0.3, -0.25) is 14.6 Å². The lowest BCUT2D eigenvalue weighted by molar-refractivity contribution is -0.146. The highest BCUT2D eigenvalue weighted by Gasteiger charge is 2.27. The molecule has 0 atom stereocenters. The molecule has 2 aromatic heterocycles. The maximum Gasteiger partial charge on any atom is 0.308 e. The zero-order valence-electron chi connectivity index (χ0n) is 19.7. The summed E-state index contributed by atoms with van der Waals surface area (Å²) in [5.74, 6) is 0.00304. The van der Waals surface area contributed by atoms with E-state index in [0.29, 0.717) is 29.6 Å². The molecule has 0 bridgehead atoms. The number of ether oxygens (including phenoxy) is 1. The average Bonchev–Trinajstić information content (AvgIpc) is 3.29. The second kappa shape index (κ2) is 10.1. The van der Waals surface area contributed by atoms with Gasteiger partial charge in [0.15, 0.2) is 0 Å². The molecule has 0 spiro atoms. The van der Waals surface area contributed by atoms with Crippen molar-refractivity contribution in [3.63, 3.8) is 0 Å². The van der Waals surface area contributed by atoms with E-state index < -0.39 is 0 Å². The van der Waals surface area contributed by atoms with E-state index in [-0.39, 0.29) is 17.8 Å². The minimum Gasteiger partial charge on any atom is -0.469 e. The van der Waals surface area contributed by atoms with Gasteiger partial charge in [0.05, 0.1) is 41.4 Å². The predicted octanol–water partition coefficient (Wildman–Crippen LogP) is 5.60. The summed E-state index contributed by atoms with van der Waals surface area (Å²) in [5, 5.41) is 6.71. The molecule has 180 valence electrons. The van der Waals surface area contributed by atoms with Gasteiger partial charge in [0.25, 0.3) is 5.91 Å². The third-order valence-corrected chi connectivity index (χ3v) is 7.37. The van der Waals surface area contributed by atoms with Crippen LogP contribution >= 0.6 is 11.6 Å². The van der Waals surface area contributed by atoms with Crippen molar-refractivity contribution < 1.29 is 14.3 Å². The monoisotopic (exact) mass is 489 g/mol. The minimum absolute atomic E-state index is 0.0258. The third kappa shape index (κ3) is 4.89. The molecule has 4 aromatic rings. The SMILES string of the molecule is COC(=O)C1CCC(CNC(=O)c2c(Cl)ccc3ccn(Cc4cc5ccccc5cn4)c23)CC1. The van der Waals surface area contributed by atoms with Gasteiger partial charge in [0, 0.05) is 29.7 Å². The molecule has 1 fully saturated rings. The number of carbonyl (C=O) groups excluding carboxylic acids is 2. The van der Waals surface area contributed by atoms with Gasteiger partial charge in [-0.15, -0.1) is 0 Å². The Morgan fingerprint density at radius 1 is 1.06 bits per heavy atom. The molecule has 1 N–H and O–H groups in total. The number of esters is 1. The molecule has 1 saturated carbocycles. The van der Waals surface area contributed by atoms with E-state index in [1.807, 2.05) is 47.3 Å². The van der Waals surface area contributed by atoms with Crippen LogP contribution in [0.3, 0.4) is 0 Å². The lowest BCUT2D eigenvalue weighted by atomic mass is 9.82. The molecule has 35 heavy (non-hydrogen) atoms. The van der Waals surface area contributed by atoms with Gasteiger partial charge in [-0.25, -0.2) is 0 Å². The van der Waals surface area contributed by atoms with E-state index in [0.717, 1.165) is 53.1 Å². The van der Waals surface area contributed by atoms with E-state index in [1.165, 1.54) is 7.11 Å². The second-order valence-corrected chi connectivity index (χ2v) is 9.68. The summed E-state index contributed by atoms with van der Waals surface area (Å²) >= 11 is 6.56. The third-order valence-electron chi connectivity index (χ3n) is 7.06. The largest absolute Gasteiger partial charge is 0.469 e. The summed E-state index contributed by atoms with van der Waals surface area (Å²) in [4.78, 5) is 29.7. The quantitative estimate of drug-likeness (QED) is 0.358. The summed E-state index contributed by atoms with van der Waals surface area (Å²) in [6.07, 6.45) is 7.23. The average molecular weight is 490 g/mol. The van der Waals surface area contributed by atoms with Gasteiger partial charge in [-0.05, 0) is 55.2 Å². The maximum absolute atomic E-state index is 13.3. The molecule has 7 heteroatoms. The lowest BCUT2D eigenvalue weighted by Crippen LogP contribution is -2.33. The summed E-state index contributed by atoms with van der Waals surface area (Å²) in [6, 6.07) is 15.9. The summed E-state index contributed by atoms with van der Waals surface area (Å²) < 4.78 is 6.91. The number of carbonyl (C=O) groups is 2. The molecular formula is C28H28ClN3O3. The zero-order valence-corrected chi connectivity index (χ0v) is 20.4. The lowest BCUT2D eigenvalue weighted by Gasteiger charge is -2.27. The van der Waals surface area contributed by atoms with Crippen LogP contribution in [0.15, 0.2) is 60.9 Å². The first kappa shape index (κ1) is 23.4. The van der Waals surface area contributed by atoms with E-state index in [9.17, 15) is 9.59 Å². The molecule has 0 saturated heterocycles. The number of nitrogens with zero attached hydrogens (tertiary/aromatic N) is 2. The Labute approximate surface area is 209 Å². The van der Waals surface area contributed by atoms with Crippen molar-refractivity contribution in [2.45, 2.75) is 32.2 Å². The molecule has 1 amide bonds. The first-order chi connectivity index (χ1) is 17.0. The number of fused-ring (bicyclic) bond motifs is 2. The highest BCUT2D eigenvalue weighted by Crippen LogP contribution is 2.31. The van der Waals surface area contributed by atoms with Crippen molar-refractivity contribution in [3.8, 4) is 0 Å². The Morgan fingerprint density at radius 3 is 2.60 bits per heavy atom. The molecule has 2 aromatic carbocycles. The van der Waals surface area contributed by atoms with Gasteiger partial charge < -0.3 is 14.6 Å². The molecule has 6 nitrogen and oxygen atoms in total. The number of aromatic nitrogens is 2. The van der Waals surface area contributed by atoms with Crippen molar-refractivity contribution in [3.05, 3.63) is 77.2 Å². The second-order valence-electron chi connectivity index (χ2n) is 9.28. The van der Waals surface area contributed by atoms with Crippen LogP contribution in [-0.2, 0) is 16.1 Å². The van der Waals surface area contributed by atoms with Crippen LogP contribution < -0.4 is 5.32 Å². The molecule has 1 aliphatic rings. The fourth-order valence-electron chi connectivity index (χ4n) is 5.10. The highest BCUT2D eigenvalue weighted by atomic mass is 35.5. The van der Waals surface area contributed by atoms with Crippen molar-refractivity contribution in [1.82, 2.24) is 14.9 Å². The van der Waals surface area contributed by atoms with Crippen LogP contribution in [0.4, 0.5) is 0 Å². The molecule has 2 heterocycles. The van der Waals surface area contributed by atoms with Crippen molar-refractivity contribution >= 4 is 45.2 Å². The number of methoxy groups -OCH3 is 1. The van der Waals surface area contributed by atoms with E-state index in [1.54, 1.807) is 6.07 Å². The first-order valence-corrected chi connectivity index (χ1v) is 12.4. The van der Waals surface area contributed by atoms with Crippen LogP contribution in [0.5, 0.6) is 0 Å². The fraction of sp³-hybridized carbons (Fsp3) is 0.321.